The van der Waals surface area contributed by atoms with Gasteiger partial charge in [0.25, 0.3) is 5.92 Å². The number of aliphatic hydroxyl groups excluding tert-OH is 1. The number of hydrogen-bond donors (Lipinski definition) is 1. The Morgan fingerprint density at radius 3 is 2.26 bits per heavy atom. The minimum Gasteiger partial charge on any atom is -0.511 e. The molecule has 3 nitrogen and oxygen atoms in total. The smallest absolute Gasteiger partial charge is 0.342 e. The molecule has 31 heavy (non-hydrogen) atoms. The molecular weight excluding hydrogens is 418 g/mol. The van der Waals surface area contributed by atoms with Crippen molar-refractivity contribution in [2.75, 3.05) is 5.75 Å². The minimum absolute atomic E-state index is 0.0182. The molecule has 2 aromatic rings. The van der Waals surface area contributed by atoms with E-state index in [-0.39, 0.29) is 29.2 Å². The third-order valence-corrected chi connectivity index (χ3v) is 6.88. The Morgan fingerprint density at radius 1 is 1.16 bits per heavy atom. The number of cyclic esters (lactones) is 1. The van der Waals surface area contributed by atoms with Crippen LogP contribution in [0.5, 0.6) is 0 Å². The molecule has 0 bridgehead atoms. The Hall–Kier alpha value is -2.34. The van der Waals surface area contributed by atoms with E-state index in [4.69, 9.17) is 4.74 Å². The summed E-state index contributed by atoms with van der Waals surface area (Å²) in [6, 6.07) is 10.2. The molecule has 1 N–H and O–H groups in total. The number of alkyl halides is 2. The fourth-order valence-corrected chi connectivity index (χ4v) is 4.96. The molecular formula is C25H28F2O3S. The first-order chi connectivity index (χ1) is 14.5. The summed E-state index contributed by atoms with van der Waals surface area (Å²) >= 11 is 1.51. The zero-order chi connectivity index (χ0) is 22.9. The van der Waals surface area contributed by atoms with Crippen LogP contribution in [0.15, 0.2) is 47.1 Å². The lowest BCUT2D eigenvalue weighted by atomic mass is 9.89. The van der Waals surface area contributed by atoms with Gasteiger partial charge in [-0.05, 0) is 49.6 Å². The summed E-state index contributed by atoms with van der Waals surface area (Å²) in [4.78, 5) is 13.7. The molecule has 1 aliphatic rings. The molecule has 1 heterocycles. The monoisotopic (exact) mass is 446 g/mol. The zero-order valence-electron chi connectivity index (χ0n) is 18.5. The summed E-state index contributed by atoms with van der Waals surface area (Å²) in [6.45, 7) is 8.68. The van der Waals surface area contributed by atoms with Crippen LogP contribution in [0.25, 0.3) is 5.57 Å². The van der Waals surface area contributed by atoms with Crippen molar-refractivity contribution in [3.63, 3.8) is 0 Å². The van der Waals surface area contributed by atoms with Crippen LogP contribution in [-0.2, 0) is 15.5 Å². The van der Waals surface area contributed by atoms with Crippen molar-refractivity contribution in [2.24, 2.45) is 5.92 Å². The summed E-state index contributed by atoms with van der Waals surface area (Å²) in [5.41, 5.74) is 3.93. The second kappa shape index (κ2) is 9.03. The maximum atomic E-state index is 13.4. The first kappa shape index (κ1) is 23.3. The van der Waals surface area contributed by atoms with Crippen LogP contribution >= 0.6 is 11.8 Å². The highest BCUT2D eigenvalue weighted by molar-refractivity contribution is 7.99. The van der Waals surface area contributed by atoms with Crippen molar-refractivity contribution in [3.8, 4) is 0 Å². The van der Waals surface area contributed by atoms with E-state index in [2.05, 4.69) is 0 Å². The molecule has 0 fully saturated rings. The van der Waals surface area contributed by atoms with Gasteiger partial charge in [0.1, 0.15) is 17.4 Å². The summed E-state index contributed by atoms with van der Waals surface area (Å²) in [5, 5.41) is 10.7. The summed E-state index contributed by atoms with van der Waals surface area (Å²) < 4.78 is 32.4. The van der Waals surface area contributed by atoms with Gasteiger partial charge in [-0.3, -0.25) is 0 Å². The summed E-state index contributed by atoms with van der Waals surface area (Å²) in [7, 11) is 0. The third kappa shape index (κ3) is 5.29. The van der Waals surface area contributed by atoms with E-state index >= 15 is 0 Å². The average molecular weight is 447 g/mol. The zero-order valence-corrected chi connectivity index (χ0v) is 19.3. The first-order valence-electron chi connectivity index (χ1n) is 10.3. The van der Waals surface area contributed by atoms with Gasteiger partial charge in [-0.1, -0.05) is 36.8 Å². The van der Waals surface area contributed by atoms with E-state index < -0.39 is 18.0 Å². The Labute approximate surface area is 186 Å². The van der Waals surface area contributed by atoms with Gasteiger partial charge in [0.05, 0.1) is 0 Å². The highest BCUT2D eigenvalue weighted by atomic mass is 32.2. The molecule has 0 aromatic heterocycles. The quantitative estimate of drug-likeness (QED) is 0.394. The fraction of sp³-hybridized carbons (Fsp3) is 0.400. The molecule has 2 atom stereocenters. The maximum absolute atomic E-state index is 13.4. The van der Waals surface area contributed by atoms with Gasteiger partial charge in [0.15, 0.2) is 0 Å². The van der Waals surface area contributed by atoms with Crippen LogP contribution < -0.4 is 0 Å². The number of aliphatic hydroxyl groups is 1. The number of halogens is 2. The number of ether oxygens (including phenoxy) is 1. The number of carbonyl (C=O) groups excluding carboxylic acids is 1. The average Bonchev–Trinajstić information content (AvgIpc) is 2.67. The normalized spacial score (nSPS) is 18.2. The predicted octanol–water partition coefficient (Wildman–Crippen LogP) is 6.74. The predicted molar refractivity (Wildman–Crippen MR) is 121 cm³/mol. The molecule has 3 rings (SSSR count). The number of carbonyl (C=O) groups is 1. The number of aryl methyl sites for hydroxylation is 3. The number of esters is 1. The van der Waals surface area contributed by atoms with Crippen LogP contribution in [-0.4, -0.2) is 22.9 Å². The van der Waals surface area contributed by atoms with E-state index in [0.717, 1.165) is 34.1 Å². The Balaban J connectivity index is 1.70. The van der Waals surface area contributed by atoms with E-state index in [1.54, 1.807) is 12.1 Å². The van der Waals surface area contributed by atoms with Crippen molar-refractivity contribution >= 4 is 23.3 Å². The van der Waals surface area contributed by atoms with E-state index in [1.165, 1.54) is 23.9 Å². The Kier molecular flexibility index (Phi) is 6.79. The lowest BCUT2D eigenvalue weighted by Crippen LogP contribution is -2.32. The SMILES string of the molecule is Cc1cc(C)c(C2=C(O)CC(C(C)CSc3ccc(C(C)(F)F)cc3)OC2=O)c(C)c1. The molecule has 1 aliphatic heterocycles. The van der Waals surface area contributed by atoms with Crippen LogP contribution in [0.2, 0.25) is 0 Å². The maximum Gasteiger partial charge on any atom is 0.342 e. The summed E-state index contributed by atoms with van der Waals surface area (Å²) in [6.07, 6.45) is -0.176. The van der Waals surface area contributed by atoms with Gasteiger partial charge in [0, 0.05) is 35.5 Å². The first-order valence-corrected chi connectivity index (χ1v) is 11.3. The van der Waals surface area contributed by atoms with Gasteiger partial charge >= 0.3 is 5.97 Å². The highest BCUT2D eigenvalue weighted by Gasteiger charge is 2.34. The largest absolute Gasteiger partial charge is 0.511 e. The van der Waals surface area contributed by atoms with Gasteiger partial charge < -0.3 is 9.84 Å². The van der Waals surface area contributed by atoms with Crippen LogP contribution in [0.1, 0.15) is 48.1 Å². The molecule has 6 heteroatoms. The minimum atomic E-state index is -2.86. The van der Waals surface area contributed by atoms with Crippen molar-refractivity contribution < 1.29 is 23.4 Å². The van der Waals surface area contributed by atoms with Gasteiger partial charge in [-0.25, -0.2) is 13.6 Å². The molecule has 2 aromatic carbocycles. The van der Waals surface area contributed by atoms with E-state index in [9.17, 15) is 18.7 Å². The fourth-order valence-electron chi connectivity index (χ4n) is 3.97. The number of thioether (sulfide) groups is 1. The second-order valence-corrected chi connectivity index (χ2v) is 9.54. The van der Waals surface area contributed by atoms with Crippen LogP contribution in [0.3, 0.4) is 0 Å². The standard InChI is InChI=1S/C25H28F2O3S/c1-14-10-15(2)22(16(3)11-14)23-20(28)12-21(30-24(23)29)17(4)13-31-19-8-6-18(7-9-19)25(5,26)27/h6-11,17,21,28H,12-13H2,1-5H3. The number of benzene rings is 2. The van der Waals surface area contributed by atoms with Crippen molar-refractivity contribution in [3.05, 3.63) is 70.0 Å². The van der Waals surface area contributed by atoms with Gasteiger partial charge in [-0.2, -0.15) is 0 Å². The van der Waals surface area contributed by atoms with Crippen molar-refractivity contribution in [2.45, 2.75) is 58.0 Å². The topological polar surface area (TPSA) is 46.5 Å². The second-order valence-electron chi connectivity index (χ2n) is 8.44. The Morgan fingerprint density at radius 2 is 1.74 bits per heavy atom. The number of hydrogen-bond acceptors (Lipinski definition) is 4. The molecule has 0 spiro atoms. The molecule has 0 saturated carbocycles. The lowest BCUT2D eigenvalue weighted by molar-refractivity contribution is -0.145. The Bertz CT molecular complexity index is 983. The van der Waals surface area contributed by atoms with E-state index in [0.29, 0.717) is 5.75 Å². The molecule has 0 aliphatic carbocycles. The molecule has 166 valence electrons. The van der Waals surface area contributed by atoms with Crippen molar-refractivity contribution in [1.82, 2.24) is 0 Å². The molecule has 0 radical (unpaired) electrons. The lowest BCUT2D eigenvalue weighted by Gasteiger charge is -2.29. The van der Waals surface area contributed by atoms with E-state index in [1.807, 2.05) is 39.8 Å². The van der Waals surface area contributed by atoms with Gasteiger partial charge in [-0.15, -0.1) is 11.8 Å². The molecule has 0 saturated heterocycles. The highest BCUT2D eigenvalue weighted by Crippen LogP contribution is 2.36. The molecule has 2 unspecified atom stereocenters. The van der Waals surface area contributed by atoms with Crippen LogP contribution in [0, 0.1) is 26.7 Å². The third-order valence-electron chi connectivity index (χ3n) is 5.58. The summed E-state index contributed by atoms with van der Waals surface area (Å²) in [5.74, 6) is -2.70. The number of rotatable bonds is 6. The van der Waals surface area contributed by atoms with Gasteiger partial charge in [0.2, 0.25) is 0 Å². The van der Waals surface area contributed by atoms with Crippen LogP contribution in [0.4, 0.5) is 8.78 Å². The van der Waals surface area contributed by atoms with Crippen molar-refractivity contribution in [1.29, 1.82) is 0 Å². The molecule has 0 amide bonds.